The molecular formula is C37H24O2. The molecule has 0 N–H and O–H groups in total. The Bertz CT molecular complexity index is 2310. The van der Waals surface area contributed by atoms with Crippen LogP contribution in [0, 0.1) is 0 Å². The molecule has 6 aromatic carbocycles. The zero-order valence-corrected chi connectivity index (χ0v) is 21.7. The number of para-hydroxylation sites is 1. The maximum Gasteiger partial charge on any atom is 0.179 e. The maximum absolute atomic E-state index is 6.55. The summed E-state index contributed by atoms with van der Waals surface area (Å²) in [6.45, 7) is 4.66. The number of hydrogen-bond donors (Lipinski definition) is 0. The van der Waals surface area contributed by atoms with E-state index < -0.39 is 0 Å². The third-order valence-corrected chi connectivity index (χ3v) is 8.87. The molecule has 184 valence electrons. The van der Waals surface area contributed by atoms with Gasteiger partial charge >= 0.3 is 0 Å². The average Bonchev–Trinajstić information content (AvgIpc) is 3.62. The Hall–Kier alpha value is -4.82. The molecule has 1 aliphatic rings. The minimum absolute atomic E-state index is 0.0303. The average molecular weight is 501 g/mol. The Kier molecular flexibility index (Phi) is 3.89. The van der Waals surface area contributed by atoms with Crippen LogP contribution in [0.25, 0.3) is 76.9 Å². The summed E-state index contributed by atoms with van der Waals surface area (Å²) in [6, 6.07) is 39.2. The van der Waals surface area contributed by atoms with Crippen molar-refractivity contribution in [1.82, 2.24) is 0 Å². The van der Waals surface area contributed by atoms with Crippen molar-refractivity contribution in [3.05, 3.63) is 120 Å². The van der Waals surface area contributed by atoms with Crippen LogP contribution < -0.4 is 0 Å². The Morgan fingerprint density at radius 3 is 1.82 bits per heavy atom. The van der Waals surface area contributed by atoms with Gasteiger partial charge in [0.2, 0.25) is 0 Å². The Morgan fingerprint density at radius 2 is 1.03 bits per heavy atom. The van der Waals surface area contributed by atoms with Crippen LogP contribution in [0.15, 0.2) is 118 Å². The first-order chi connectivity index (χ1) is 19.1. The van der Waals surface area contributed by atoms with Crippen molar-refractivity contribution >= 4 is 54.6 Å². The van der Waals surface area contributed by atoms with E-state index in [-0.39, 0.29) is 5.41 Å². The molecule has 0 bridgehead atoms. The van der Waals surface area contributed by atoms with Crippen LogP contribution in [0.5, 0.6) is 0 Å². The SMILES string of the molecule is CC1(C)c2ccccc2-c2ccc(-c3ccc4oc5c6oc7ccccc7c6c6ccccc6c5c4c3)cc21. The van der Waals surface area contributed by atoms with Crippen molar-refractivity contribution in [2.75, 3.05) is 0 Å². The molecule has 2 aromatic heterocycles. The van der Waals surface area contributed by atoms with Crippen molar-refractivity contribution in [3.8, 4) is 22.3 Å². The molecule has 0 fully saturated rings. The summed E-state index contributed by atoms with van der Waals surface area (Å²) in [7, 11) is 0. The minimum atomic E-state index is -0.0303. The van der Waals surface area contributed by atoms with Crippen molar-refractivity contribution in [2.45, 2.75) is 19.3 Å². The van der Waals surface area contributed by atoms with Crippen LogP contribution >= 0.6 is 0 Å². The minimum Gasteiger partial charge on any atom is -0.452 e. The van der Waals surface area contributed by atoms with Crippen LogP contribution in [0.3, 0.4) is 0 Å². The highest BCUT2D eigenvalue weighted by atomic mass is 16.4. The number of furan rings is 2. The first-order valence-corrected chi connectivity index (χ1v) is 13.5. The highest BCUT2D eigenvalue weighted by Crippen LogP contribution is 2.50. The molecule has 0 unspecified atom stereocenters. The van der Waals surface area contributed by atoms with E-state index >= 15 is 0 Å². The molecule has 0 spiro atoms. The van der Waals surface area contributed by atoms with Gasteiger partial charge in [-0.2, -0.15) is 0 Å². The molecule has 2 heteroatoms. The Balaban J connectivity index is 1.33. The van der Waals surface area contributed by atoms with E-state index in [0.717, 1.165) is 43.9 Å². The van der Waals surface area contributed by atoms with Gasteiger partial charge in [0.25, 0.3) is 0 Å². The fraction of sp³-hybridized carbons (Fsp3) is 0.0811. The molecule has 39 heavy (non-hydrogen) atoms. The van der Waals surface area contributed by atoms with E-state index in [1.54, 1.807) is 0 Å². The van der Waals surface area contributed by atoms with Gasteiger partial charge in [-0.25, -0.2) is 0 Å². The number of fused-ring (bicyclic) bond motifs is 13. The van der Waals surface area contributed by atoms with Crippen LogP contribution in [-0.4, -0.2) is 0 Å². The second kappa shape index (κ2) is 7.18. The van der Waals surface area contributed by atoms with Crippen LogP contribution in [0.1, 0.15) is 25.0 Å². The summed E-state index contributed by atoms with van der Waals surface area (Å²) in [5, 5.41) is 6.84. The summed E-state index contributed by atoms with van der Waals surface area (Å²) in [4.78, 5) is 0. The van der Waals surface area contributed by atoms with Gasteiger partial charge in [-0.05, 0) is 68.4 Å². The predicted octanol–water partition coefficient (Wildman–Crippen LogP) is 10.6. The molecule has 0 radical (unpaired) electrons. The molecule has 0 saturated carbocycles. The van der Waals surface area contributed by atoms with Gasteiger partial charge in [0.05, 0.1) is 0 Å². The molecule has 0 aliphatic heterocycles. The van der Waals surface area contributed by atoms with E-state index in [9.17, 15) is 0 Å². The monoisotopic (exact) mass is 500 g/mol. The Labute approximate surface area is 225 Å². The maximum atomic E-state index is 6.55. The smallest absolute Gasteiger partial charge is 0.179 e. The van der Waals surface area contributed by atoms with Gasteiger partial charge in [-0.3, -0.25) is 0 Å². The van der Waals surface area contributed by atoms with Crippen LogP contribution in [0.2, 0.25) is 0 Å². The van der Waals surface area contributed by atoms with Gasteiger partial charge in [0.1, 0.15) is 11.2 Å². The number of hydrogen-bond acceptors (Lipinski definition) is 2. The number of rotatable bonds is 1. The molecule has 8 aromatic rings. The first kappa shape index (κ1) is 21.2. The molecule has 9 rings (SSSR count). The van der Waals surface area contributed by atoms with Crippen molar-refractivity contribution in [3.63, 3.8) is 0 Å². The van der Waals surface area contributed by atoms with Crippen molar-refractivity contribution in [1.29, 1.82) is 0 Å². The zero-order chi connectivity index (χ0) is 25.9. The highest BCUT2D eigenvalue weighted by Gasteiger charge is 2.35. The number of benzene rings is 6. The molecule has 1 aliphatic carbocycles. The topological polar surface area (TPSA) is 26.3 Å². The summed E-state index contributed by atoms with van der Waals surface area (Å²) in [6.07, 6.45) is 0. The lowest BCUT2D eigenvalue weighted by Crippen LogP contribution is -2.14. The second-order valence-electron chi connectivity index (χ2n) is 11.3. The lowest BCUT2D eigenvalue weighted by molar-refractivity contribution is 0.633. The second-order valence-corrected chi connectivity index (χ2v) is 11.3. The van der Waals surface area contributed by atoms with Gasteiger partial charge < -0.3 is 8.83 Å². The van der Waals surface area contributed by atoms with Gasteiger partial charge in [-0.1, -0.05) is 98.8 Å². The van der Waals surface area contributed by atoms with Crippen LogP contribution in [0.4, 0.5) is 0 Å². The summed E-state index contributed by atoms with van der Waals surface area (Å²) in [5.41, 5.74) is 11.2. The largest absolute Gasteiger partial charge is 0.452 e. The highest BCUT2D eigenvalue weighted by molar-refractivity contribution is 6.33. The third-order valence-electron chi connectivity index (χ3n) is 8.87. The quantitative estimate of drug-likeness (QED) is 0.224. The molecule has 0 atom stereocenters. The van der Waals surface area contributed by atoms with E-state index in [1.165, 1.54) is 44.2 Å². The fourth-order valence-corrected chi connectivity index (χ4v) is 6.98. The van der Waals surface area contributed by atoms with E-state index in [1.807, 2.05) is 12.1 Å². The van der Waals surface area contributed by atoms with Gasteiger partial charge in [0.15, 0.2) is 11.2 Å². The molecule has 2 heterocycles. The zero-order valence-electron chi connectivity index (χ0n) is 21.7. The van der Waals surface area contributed by atoms with Crippen LogP contribution in [-0.2, 0) is 5.41 Å². The lowest BCUT2D eigenvalue weighted by atomic mass is 9.81. The van der Waals surface area contributed by atoms with Gasteiger partial charge in [-0.15, -0.1) is 0 Å². The molecule has 2 nitrogen and oxygen atoms in total. The molecular weight excluding hydrogens is 476 g/mol. The summed E-state index contributed by atoms with van der Waals surface area (Å²) < 4.78 is 13.0. The summed E-state index contributed by atoms with van der Waals surface area (Å²) >= 11 is 0. The standard InChI is InChI=1S/C37H24O2/c1-37(2)29-13-7-5-9-23(29)24-17-15-22(20-30(24)37)21-16-18-32-28(19-21)34-26-11-4-3-10-25(26)33-27-12-6-8-14-31(27)38-35(33)36(34)39-32/h3-20H,1-2H3. The fourth-order valence-electron chi connectivity index (χ4n) is 6.98. The van der Waals surface area contributed by atoms with E-state index in [0.29, 0.717) is 0 Å². The molecule has 0 saturated heterocycles. The van der Waals surface area contributed by atoms with Crippen molar-refractivity contribution < 1.29 is 8.83 Å². The third kappa shape index (κ3) is 2.66. The lowest BCUT2D eigenvalue weighted by Gasteiger charge is -2.22. The summed E-state index contributed by atoms with van der Waals surface area (Å²) in [5.74, 6) is 0. The van der Waals surface area contributed by atoms with Gasteiger partial charge in [0, 0.05) is 27.0 Å². The normalized spacial score (nSPS) is 14.1. The van der Waals surface area contributed by atoms with Crippen molar-refractivity contribution in [2.24, 2.45) is 0 Å². The van der Waals surface area contributed by atoms with E-state index in [2.05, 4.69) is 111 Å². The molecule has 0 amide bonds. The first-order valence-electron chi connectivity index (χ1n) is 13.5. The Morgan fingerprint density at radius 1 is 0.462 bits per heavy atom. The van der Waals surface area contributed by atoms with E-state index in [4.69, 9.17) is 8.83 Å². The predicted molar refractivity (Wildman–Crippen MR) is 162 cm³/mol.